The van der Waals surface area contributed by atoms with Gasteiger partial charge in [0, 0.05) is 24.0 Å². The zero-order valence-corrected chi connectivity index (χ0v) is 22.3. The number of pyridine rings is 1. The number of aromatic nitrogens is 4. The lowest BCUT2D eigenvalue weighted by Crippen LogP contribution is -2.46. The van der Waals surface area contributed by atoms with Crippen LogP contribution in [0.25, 0.3) is 21.9 Å². The molecule has 4 N–H and O–H groups in total. The largest absolute Gasteiger partial charge is 0.383 e. The third-order valence-electron chi connectivity index (χ3n) is 7.64. The summed E-state index contributed by atoms with van der Waals surface area (Å²) in [6.07, 6.45) is 2.79. The molecule has 3 aromatic heterocycles. The van der Waals surface area contributed by atoms with E-state index < -0.39 is 6.04 Å². The number of halogens is 1. The number of likely N-dealkylation sites (tertiary alicyclic amines) is 1. The summed E-state index contributed by atoms with van der Waals surface area (Å²) in [5.74, 6) is -0.0107. The highest BCUT2D eigenvalue weighted by Gasteiger charge is 2.64. The molecule has 0 spiro atoms. The lowest BCUT2D eigenvalue weighted by molar-refractivity contribution is -0.138. The fraction of sp³-hybridized carbons (Fsp3) is 0.308. The summed E-state index contributed by atoms with van der Waals surface area (Å²) in [5, 5.41) is 6.74. The summed E-state index contributed by atoms with van der Waals surface area (Å²) in [6.45, 7) is 2.07. The van der Waals surface area contributed by atoms with Gasteiger partial charge in [-0.15, -0.1) is 0 Å². The van der Waals surface area contributed by atoms with Crippen molar-refractivity contribution < 1.29 is 14.4 Å². The standard InChI is InChI=1S/C26H25BrN8O3/c1-26-9-16(25(38)33-19-5-3-4-18(27)32-19)35(17(26)10-26)20(36)11-34-15-7-6-13(24(37)29-2)8-14(15)21-22(28)30-12-31-23(21)34/h3-8,12,16-17H,9-11H2,1-2H3,(H,29,37)(H2,28,30,31)(H,32,33,38)/t16-,17?,26-/m0/s1. The number of nitrogens with zero attached hydrogens (tertiary/aromatic N) is 5. The molecule has 2 fully saturated rings. The monoisotopic (exact) mass is 576 g/mol. The van der Waals surface area contributed by atoms with Crippen molar-refractivity contribution in [2.75, 3.05) is 18.1 Å². The van der Waals surface area contributed by atoms with Crippen LogP contribution >= 0.6 is 15.9 Å². The zero-order valence-electron chi connectivity index (χ0n) is 20.7. The number of benzene rings is 1. The SMILES string of the molecule is CNC(=O)c1ccc2c(c1)c1c(N)ncnc1n2CC(=O)N1C2C[C@]2(C)C[C@H]1C(=O)Nc1cccc(Br)n1. The number of carbonyl (C=O) groups excluding carboxylic acids is 3. The summed E-state index contributed by atoms with van der Waals surface area (Å²) in [6, 6.07) is 9.86. The highest BCUT2D eigenvalue weighted by Crippen LogP contribution is 2.59. The molecule has 12 heteroatoms. The maximum absolute atomic E-state index is 13.9. The van der Waals surface area contributed by atoms with Crippen molar-refractivity contribution in [3.63, 3.8) is 0 Å². The van der Waals surface area contributed by atoms with Gasteiger partial charge in [0.15, 0.2) is 0 Å². The molecule has 2 aliphatic rings. The van der Waals surface area contributed by atoms with Crippen LogP contribution in [0.2, 0.25) is 0 Å². The number of anilines is 2. The van der Waals surface area contributed by atoms with Gasteiger partial charge in [0.25, 0.3) is 5.91 Å². The summed E-state index contributed by atoms with van der Waals surface area (Å²) >= 11 is 3.32. The van der Waals surface area contributed by atoms with E-state index in [1.54, 1.807) is 52.9 Å². The summed E-state index contributed by atoms with van der Waals surface area (Å²) < 4.78 is 2.39. The average molecular weight is 577 g/mol. The van der Waals surface area contributed by atoms with Crippen LogP contribution in [0.1, 0.15) is 30.1 Å². The third kappa shape index (κ3) is 3.87. The molecule has 1 aliphatic heterocycles. The Kier molecular flexibility index (Phi) is 5.60. The second kappa shape index (κ2) is 8.76. The van der Waals surface area contributed by atoms with Crippen molar-refractivity contribution in [2.45, 2.75) is 38.4 Å². The van der Waals surface area contributed by atoms with Gasteiger partial charge in [-0.2, -0.15) is 0 Å². The molecule has 4 heterocycles. The number of rotatable bonds is 5. The Bertz CT molecular complexity index is 1650. The molecule has 3 atom stereocenters. The summed E-state index contributed by atoms with van der Waals surface area (Å²) in [7, 11) is 1.56. The van der Waals surface area contributed by atoms with Crippen molar-refractivity contribution in [3.8, 4) is 0 Å². The first-order valence-corrected chi connectivity index (χ1v) is 13.0. The van der Waals surface area contributed by atoms with E-state index in [1.807, 2.05) is 0 Å². The van der Waals surface area contributed by atoms with Gasteiger partial charge < -0.3 is 25.8 Å². The number of piperidine rings is 1. The van der Waals surface area contributed by atoms with Crippen molar-refractivity contribution >= 4 is 67.2 Å². The van der Waals surface area contributed by atoms with Gasteiger partial charge in [0.2, 0.25) is 11.8 Å². The minimum absolute atomic E-state index is 0.00569. The maximum atomic E-state index is 13.9. The highest BCUT2D eigenvalue weighted by molar-refractivity contribution is 9.10. The van der Waals surface area contributed by atoms with E-state index in [0.717, 1.165) is 6.42 Å². The Morgan fingerprint density at radius 3 is 2.76 bits per heavy atom. The summed E-state index contributed by atoms with van der Waals surface area (Å²) in [5.41, 5.74) is 7.78. The number of hydrogen-bond acceptors (Lipinski definition) is 7. The Labute approximate surface area is 225 Å². The second-order valence-corrected chi connectivity index (χ2v) is 10.9. The molecule has 1 saturated carbocycles. The normalized spacial score (nSPS) is 21.9. The smallest absolute Gasteiger partial charge is 0.251 e. The first kappa shape index (κ1) is 24.3. The van der Waals surface area contributed by atoms with Gasteiger partial charge in [-0.25, -0.2) is 15.0 Å². The molecule has 1 saturated heterocycles. The predicted octanol–water partition coefficient (Wildman–Crippen LogP) is 2.70. The number of fused-ring (bicyclic) bond motifs is 4. The molecule has 3 amide bonds. The van der Waals surface area contributed by atoms with Crippen LogP contribution in [0.15, 0.2) is 47.3 Å². The number of amides is 3. The number of nitrogens with one attached hydrogen (secondary N) is 2. The van der Waals surface area contributed by atoms with Crippen molar-refractivity contribution in [3.05, 3.63) is 52.9 Å². The van der Waals surface area contributed by atoms with Crippen LogP contribution in [0, 0.1) is 5.41 Å². The molecule has 0 bridgehead atoms. The van der Waals surface area contributed by atoms with Gasteiger partial charge >= 0.3 is 0 Å². The van der Waals surface area contributed by atoms with Gasteiger partial charge in [-0.05, 0) is 64.5 Å². The van der Waals surface area contributed by atoms with E-state index in [0.29, 0.717) is 44.3 Å². The number of nitrogen functional groups attached to an aromatic ring is 1. The van der Waals surface area contributed by atoms with E-state index in [1.165, 1.54) is 6.33 Å². The summed E-state index contributed by atoms with van der Waals surface area (Å²) in [4.78, 5) is 54.0. The van der Waals surface area contributed by atoms with Gasteiger partial charge in [0.1, 0.15) is 40.8 Å². The quantitative estimate of drug-likeness (QED) is 0.309. The molecule has 0 radical (unpaired) electrons. The molecular formula is C26H25BrN8O3. The predicted molar refractivity (Wildman–Crippen MR) is 145 cm³/mol. The molecular weight excluding hydrogens is 552 g/mol. The second-order valence-electron chi connectivity index (χ2n) is 10.1. The highest BCUT2D eigenvalue weighted by atomic mass is 79.9. The average Bonchev–Trinajstić information content (AvgIpc) is 3.30. The van der Waals surface area contributed by atoms with Crippen molar-refractivity contribution in [2.24, 2.45) is 5.41 Å². The minimum Gasteiger partial charge on any atom is -0.383 e. The third-order valence-corrected chi connectivity index (χ3v) is 8.09. The molecule has 6 rings (SSSR count). The maximum Gasteiger partial charge on any atom is 0.251 e. The topological polar surface area (TPSA) is 148 Å². The number of carbonyl (C=O) groups is 3. The fourth-order valence-corrected chi connectivity index (χ4v) is 5.99. The van der Waals surface area contributed by atoms with Gasteiger partial charge in [0.05, 0.1) is 10.9 Å². The minimum atomic E-state index is -0.611. The van der Waals surface area contributed by atoms with Gasteiger partial charge in [-0.1, -0.05) is 13.0 Å². The Morgan fingerprint density at radius 1 is 1.18 bits per heavy atom. The number of nitrogens with two attached hydrogens (primary N) is 1. The molecule has 4 aromatic rings. The Balaban J connectivity index is 1.35. The molecule has 38 heavy (non-hydrogen) atoms. The lowest BCUT2D eigenvalue weighted by atomic mass is 10.0. The Morgan fingerprint density at radius 2 is 2.00 bits per heavy atom. The van der Waals surface area contributed by atoms with Crippen LogP contribution in [-0.2, 0) is 16.1 Å². The van der Waals surface area contributed by atoms with E-state index in [-0.39, 0.29) is 41.5 Å². The van der Waals surface area contributed by atoms with Gasteiger partial charge in [-0.3, -0.25) is 14.4 Å². The van der Waals surface area contributed by atoms with E-state index >= 15 is 0 Å². The van der Waals surface area contributed by atoms with Crippen LogP contribution in [0.4, 0.5) is 11.6 Å². The number of hydrogen-bond donors (Lipinski definition) is 3. The van der Waals surface area contributed by atoms with E-state index in [2.05, 4.69) is 48.4 Å². The van der Waals surface area contributed by atoms with Crippen LogP contribution in [0.5, 0.6) is 0 Å². The fourth-order valence-electron chi connectivity index (χ4n) is 5.65. The molecule has 1 aliphatic carbocycles. The van der Waals surface area contributed by atoms with Crippen LogP contribution in [0.3, 0.4) is 0 Å². The first-order valence-electron chi connectivity index (χ1n) is 12.2. The zero-order chi connectivity index (χ0) is 26.8. The molecule has 11 nitrogen and oxygen atoms in total. The van der Waals surface area contributed by atoms with Crippen LogP contribution in [-0.4, -0.2) is 61.3 Å². The Hall–Kier alpha value is -4.06. The van der Waals surface area contributed by atoms with Crippen LogP contribution < -0.4 is 16.4 Å². The van der Waals surface area contributed by atoms with E-state index in [9.17, 15) is 14.4 Å². The molecule has 194 valence electrons. The van der Waals surface area contributed by atoms with Crippen molar-refractivity contribution in [1.29, 1.82) is 0 Å². The van der Waals surface area contributed by atoms with Crippen molar-refractivity contribution in [1.82, 2.24) is 29.7 Å². The molecule has 1 aromatic carbocycles. The lowest BCUT2D eigenvalue weighted by Gasteiger charge is -2.27. The van der Waals surface area contributed by atoms with E-state index in [4.69, 9.17) is 5.73 Å². The first-order chi connectivity index (χ1) is 18.2. The molecule has 1 unspecified atom stereocenters.